The lowest BCUT2D eigenvalue weighted by Gasteiger charge is -2.34. The molecule has 0 saturated heterocycles. The van der Waals surface area contributed by atoms with Crippen molar-refractivity contribution in [2.45, 2.75) is 44.9 Å². The van der Waals surface area contributed by atoms with Crippen LogP contribution in [0.4, 0.5) is 5.13 Å². The van der Waals surface area contributed by atoms with E-state index in [0.717, 1.165) is 5.13 Å². The molecule has 3 rings (SSSR count). The van der Waals surface area contributed by atoms with Crippen molar-refractivity contribution in [1.29, 1.82) is 0 Å². The maximum absolute atomic E-state index is 5.80. The molecule has 2 aliphatic carbocycles. The summed E-state index contributed by atoms with van der Waals surface area (Å²) in [6, 6.07) is 0. The molecular formula is C11H16N2S. The number of rotatable bonds is 0. The van der Waals surface area contributed by atoms with Crippen molar-refractivity contribution in [1.82, 2.24) is 4.98 Å². The Morgan fingerprint density at radius 2 is 2.14 bits per heavy atom. The van der Waals surface area contributed by atoms with Crippen LogP contribution in [0.5, 0.6) is 0 Å². The molecule has 2 N–H and O–H groups in total. The van der Waals surface area contributed by atoms with Crippen molar-refractivity contribution >= 4 is 16.5 Å². The summed E-state index contributed by atoms with van der Waals surface area (Å²) < 4.78 is 0. The van der Waals surface area contributed by atoms with E-state index in [1.54, 1.807) is 11.3 Å². The number of hydrogen-bond acceptors (Lipinski definition) is 3. The maximum Gasteiger partial charge on any atom is 0.180 e. The highest BCUT2D eigenvalue weighted by Gasteiger charge is 2.61. The van der Waals surface area contributed by atoms with Crippen molar-refractivity contribution < 1.29 is 0 Å². The van der Waals surface area contributed by atoms with Gasteiger partial charge in [0.1, 0.15) is 0 Å². The van der Waals surface area contributed by atoms with E-state index >= 15 is 0 Å². The average Bonchev–Trinajstić information content (AvgIpc) is 2.59. The zero-order valence-corrected chi connectivity index (χ0v) is 9.74. The Morgan fingerprint density at radius 3 is 2.79 bits per heavy atom. The number of nitrogens with two attached hydrogens (primary N) is 1. The van der Waals surface area contributed by atoms with Crippen LogP contribution >= 0.6 is 11.3 Å². The molecule has 2 aliphatic rings. The van der Waals surface area contributed by atoms with Crippen LogP contribution in [0.1, 0.15) is 50.1 Å². The normalized spacial score (nSPS) is 37.5. The molecule has 1 saturated carbocycles. The zero-order chi connectivity index (χ0) is 10.1. The van der Waals surface area contributed by atoms with Crippen LogP contribution in [-0.4, -0.2) is 4.98 Å². The Hall–Kier alpha value is -0.570. The van der Waals surface area contributed by atoms with Gasteiger partial charge in [0.25, 0.3) is 0 Å². The molecule has 3 heteroatoms. The van der Waals surface area contributed by atoms with Crippen LogP contribution in [0.2, 0.25) is 0 Å². The minimum atomic E-state index is 0.279. The van der Waals surface area contributed by atoms with Crippen molar-refractivity contribution in [3.63, 3.8) is 0 Å². The molecule has 0 aliphatic heterocycles. The predicted molar refractivity (Wildman–Crippen MR) is 59.6 cm³/mol. The molecule has 76 valence electrons. The molecule has 1 fully saturated rings. The quantitative estimate of drug-likeness (QED) is 0.712. The van der Waals surface area contributed by atoms with Gasteiger partial charge in [0, 0.05) is 16.2 Å². The van der Waals surface area contributed by atoms with E-state index in [1.807, 2.05) is 0 Å². The second-order valence-electron chi connectivity index (χ2n) is 5.41. The first kappa shape index (κ1) is 8.72. The summed E-state index contributed by atoms with van der Waals surface area (Å²) in [5, 5.41) is 0.753. The van der Waals surface area contributed by atoms with E-state index in [9.17, 15) is 0 Å². The third-order valence-corrected chi connectivity index (χ3v) is 5.73. The topological polar surface area (TPSA) is 38.9 Å². The van der Waals surface area contributed by atoms with Crippen molar-refractivity contribution in [2.24, 2.45) is 5.41 Å². The van der Waals surface area contributed by atoms with E-state index in [-0.39, 0.29) is 5.41 Å². The number of anilines is 1. The molecule has 1 aromatic heterocycles. The fourth-order valence-corrected chi connectivity index (χ4v) is 4.65. The van der Waals surface area contributed by atoms with E-state index in [0.29, 0.717) is 11.3 Å². The van der Waals surface area contributed by atoms with Gasteiger partial charge in [-0.15, -0.1) is 11.3 Å². The number of thiazole rings is 1. The first-order valence-corrected chi connectivity index (χ1v) is 6.05. The van der Waals surface area contributed by atoms with Crippen molar-refractivity contribution in [3.05, 3.63) is 10.6 Å². The van der Waals surface area contributed by atoms with Crippen LogP contribution in [0, 0.1) is 5.41 Å². The van der Waals surface area contributed by atoms with Gasteiger partial charge in [-0.2, -0.15) is 0 Å². The van der Waals surface area contributed by atoms with Gasteiger partial charge in [-0.05, 0) is 18.3 Å². The smallest absolute Gasteiger partial charge is 0.180 e. The van der Waals surface area contributed by atoms with E-state index in [4.69, 9.17) is 5.73 Å². The van der Waals surface area contributed by atoms with Crippen LogP contribution < -0.4 is 5.73 Å². The van der Waals surface area contributed by atoms with Crippen molar-refractivity contribution in [3.8, 4) is 0 Å². The Labute approximate surface area is 88.5 Å². The van der Waals surface area contributed by atoms with Gasteiger partial charge in [0.15, 0.2) is 5.13 Å². The third-order valence-electron chi connectivity index (χ3n) is 4.74. The number of aromatic nitrogens is 1. The highest BCUT2D eigenvalue weighted by molar-refractivity contribution is 7.15. The summed E-state index contributed by atoms with van der Waals surface area (Å²) in [4.78, 5) is 6.01. The van der Waals surface area contributed by atoms with Gasteiger partial charge >= 0.3 is 0 Å². The molecule has 0 unspecified atom stereocenters. The first-order valence-electron chi connectivity index (χ1n) is 5.23. The lowest BCUT2D eigenvalue weighted by atomic mass is 9.70. The number of fused-ring (bicyclic) bond motifs is 5. The van der Waals surface area contributed by atoms with E-state index in [1.165, 1.54) is 23.4 Å². The zero-order valence-electron chi connectivity index (χ0n) is 8.92. The fraction of sp³-hybridized carbons (Fsp3) is 0.727. The molecule has 14 heavy (non-hydrogen) atoms. The van der Waals surface area contributed by atoms with E-state index in [2.05, 4.69) is 25.8 Å². The van der Waals surface area contributed by atoms with Gasteiger partial charge in [-0.3, -0.25) is 0 Å². The number of nitrogen functional groups attached to an aromatic ring is 1. The summed E-state index contributed by atoms with van der Waals surface area (Å²) in [6.07, 6.45) is 2.60. The maximum atomic E-state index is 5.80. The Balaban J connectivity index is 2.28. The fourth-order valence-electron chi connectivity index (χ4n) is 3.36. The van der Waals surface area contributed by atoms with Crippen LogP contribution in [0.15, 0.2) is 0 Å². The molecule has 2 nitrogen and oxygen atoms in total. The van der Waals surface area contributed by atoms with Gasteiger partial charge in [-0.1, -0.05) is 20.8 Å². The van der Waals surface area contributed by atoms with Crippen LogP contribution in [0.25, 0.3) is 0 Å². The minimum Gasteiger partial charge on any atom is -0.375 e. The standard InChI is InChI=1S/C11H16N2S/c1-10(2)6-4-5-11(10,3)8-7(6)14-9(12)13-8/h6H,4-5H2,1-3H3,(H2,12,13)/t6-,11-/m1/s1. The molecule has 1 heterocycles. The molecular weight excluding hydrogens is 192 g/mol. The predicted octanol–water partition coefficient (Wildman–Crippen LogP) is 2.90. The summed E-state index contributed by atoms with van der Waals surface area (Å²) in [5.74, 6) is 0.706. The highest BCUT2D eigenvalue weighted by atomic mass is 32.1. The van der Waals surface area contributed by atoms with Gasteiger partial charge in [-0.25, -0.2) is 4.98 Å². The summed E-state index contributed by atoms with van der Waals surface area (Å²) >= 11 is 1.71. The SMILES string of the molecule is CC1(C)[C@@H]2CC[C@]1(C)c1nc(N)sc12. The van der Waals surface area contributed by atoms with Gasteiger partial charge in [0.05, 0.1) is 5.69 Å². The van der Waals surface area contributed by atoms with Crippen LogP contribution in [-0.2, 0) is 5.41 Å². The van der Waals surface area contributed by atoms with Gasteiger partial charge in [0.2, 0.25) is 0 Å². The van der Waals surface area contributed by atoms with E-state index < -0.39 is 0 Å². The Kier molecular flexibility index (Phi) is 1.34. The second kappa shape index (κ2) is 2.16. The van der Waals surface area contributed by atoms with Crippen LogP contribution in [0.3, 0.4) is 0 Å². The summed E-state index contributed by atoms with van der Waals surface area (Å²) in [6.45, 7) is 7.13. The molecule has 0 amide bonds. The first-order chi connectivity index (χ1) is 6.47. The molecule has 2 atom stereocenters. The summed E-state index contributed by atoms with van der Waals surface area (Å²) in [7, 11) is 0. The number of hydrogen-bond donors (Lipinski definition) is 1. The lowest BCUT2D eigenvalue weighted by Crippen LogP contribution is -2.31. The average molecular weight is 208 g/mol. The molecule has 0 radical (unpaired) electrons. The largest absolute Gasteiger partial charge is 0.375 e. The third kappa shape index (κ3) is 0.691. The summed E-state index contributed by atoms with van der Waals surface area (Å²) in [5.41, 5.74) is 7.77. The molecule has 2 bridgehead atoms. The Bertz CT molecular complexity index is 407. The monoisotopic (exact) mass is 208 g/mol. The number of nitrogens with zero attached hydrogens (tertiary/aromatic N) is 1. The second-order valence-corrected chi connectivity index (χ2v) is 6.47. The molecule has 0 aromatic carbocycles. The molecule has 0 spiro atoms. The lowest BCUT2D eigenvalue weighted by molar-refractivity contribution is 0.227. The highest BCUT2D eigenvalue weighted by Crippen LogP contribution is 2.68. The minimum absolute atomic E-state index is 0.279. The van der Waals surface area contributed by atoms with Gasteiger partial charge < -0.3 is 5.73 Å². The Morgan fingerprint density at radius 1 is 1.43 bits per heavy atom. The van der Waals surface area contributed by atoms with Crippen molar-refractivity contribution in [2.75, 3.05) is 5.73 Å². The molecule has 1 aromatic rings.